The number of amides is 1. The van der Waals surface area contributed by atoms with Crippen molar-refractivity contribution in [3.8, 4) is 5.75 Å². The maximum Gasteiger partial charge on any atom is 0.231 e. The molecule has 1 heterocycles. The summed E-state index contributed by atoms with van der Waals surface area (Å²) in [5.74, 6) is 0.959. The molecule has 2 atom stereocenters. The van der Waals surface area contributed by atoms with Crippen molar-refractivity contribution in [1.82, 2.24) is 0 Å². The number of benzene rings is 1. The normalized spacial score (nSPS) is 28.1. The third-order valence-electron chi connectivity index (χ3n) is 3.46. The van der Waals surface area contributed by atoms with Gasteiger partial charge in [-0.15, -0.1) is 0 Å². The fraction of sp³-hybridized carbons (Fsp3) is 0.462. The van der Waals surface area contributed by atoms with Crippen molar-refractivity contribution >= 4 is 11.6 Å². The number of hydrogen-bond donors (Lipinski definition) is 1. The van der Waals surface area contributed by atoms with Gasteiger partial charge < -0.3 is 10.1 Å². The van der Waals surface area contributed by atoms with Crippen molar-refractivity contribution in [3.63, 3.8) is 0 Å². The number of hydrogen-bond acceptors (Lipinski definition) is 2. The van der Waals surface area contributed by atoms with Crippen molar-refractivity contribution < 1.29 is 9.53 Å². The highest BCUT2D eigenvalue weighted by Crippen LogP contribution is 2.35. The van der Waals surface area contributed by atoms with Crippen LogP contribution in [0.25, 0.3) is 0 Å². The Hall–Kier alpha value is -1.51. The lowest BCUT2D eigenvalue weighted by molar-refractivity contribution is -0.123. The van der Waals surface area contributed by atoms with Crippen LogP contribution >= 0.6 is 0 Å². The summed E-state index contributed by atoms with van der Waals surface area (Å²) in [6.07, 6.45) is 4.30. The lowest BCUT2D eigenvalue weighted by Gasteiger charge is -2.28. The third kappa shape index (κ3) is 1.56. The molecule has 1 aliphatic heterocycles. The molecule has 3 rings (SSSR count). The van der Waals surface area contributed by atoms with Gasteiger partial charge in [0, 0.05) is 0 Å². The molecule has 2 aliphatic rings. The summed E-state index contributed by atoms with van der Waals surface area (Å²) in [7, 11) is 0. The van der Waals surface area contributed by atoms with Crippen LogP contribution in [0.1, 0.15) is 25.7 Å². The predicted octanol–water partition coefficient (Wildman–Crippen LogP) is 2.58. The van der Waals surface area contributed by atoms with Crippen molar-refractivity contribution in [1.29, 1.82) is 0 Å². The number of fused-ring (bicyclic) bond motifs is 2. The zero-order chi connectivity index (χ0) is 11.0. The van der Waals surface area contributed by atoms with Crippen molar-refractivity contribution in [2.24, 2.45) is 5.92 Å². The molecular weight excluding hydrogens is 202 g/mol. The summed E-state index contributed by atoms with van der Waals surface area (Å²) in [5, 5.41) is 2.96. The Morgan fingerprint density at radius 2 is 2.00 bits per heavy atom. The highest BCUT2D eigenvalue weighted by molar-refractivity contribution is 5.95. The number of ether oxygens (including phenoxy) is 1. The average molecular weight is 217 g/mol. The number of carbonyl (C=O) groups excluding carboxylic acids is 1. The lowest BCUT2D eigenvalue weighted by atomic mass is 9.86. The van der Waals surface area contributed by atoms with Gasteiger partial charge in [0.15, 0.2) is 0 Å². The first-order chi connectivity index (χ1) is 7.84. The maximum absolute atomic E-state index is 12.0. The molecule has 1 aromatic carbocycles. The minimum absolute atomic E-state index is 0.0288. The van der Waals surface area contributed by atoms with Crippen LogP contribution in [-0.4, -0.2) is 12.0 Å². The highest BCUT2D eigenvalue weighted by atomic mass is 16.5. The molecule has 0 radical (unpaired) electrons. The van der Waals surface area contributed by atoms with Gasteiger partial charge in [0.25, 0.3) is 0 Å². The van der Waals surface area contributed by atoms with E-state index in [4.69, 9.17) is 4.74 Å². The van der Waals surface area contributed by atoms with Gasteiger partial charge >= 0.3 is 0 Å². The number of para-hydroxylation sites is 2. The van der Waals surface area contributed by atoms with E-state index in [0.717, 1.165) is 37.1 Å². The van der Waals surface area contributed by atoms with E-state index in [-0.39, 0.29) is 17.9 Å². The Balaban J connectivity index is 1.96. The van der Waals surface area contributed by atoms with Crippen LogP contribution in [0.5, 0.6) is 5.75 Å². The quantitative estimate of drug-likeness (QED) is 0.725. The second-order valence-electron chi connectivity index (χ2n) is 4.53. The largest absolute Gasteiger partial charge is 0.487 e. The first-order valence-electron chi connectivity index (χ1n) is 5.91. The molecule has 0 bridgehead atoms. The molecular formula is C13H15NO2. The smallest absolute Gasteiger partial charge is 0.231 e. The van der Waals surface area contributed by atoms with Gasteiger partial charge in [-0.3, -0.25) is 4.79 Å². The summed E-state index contributed by atoms with van der Waals surface area (Å²) < 4.78 is 5.95. The topological polar surface area (TPSA) is 38.3 Å². The second kappa shape index (κ2) is 3.81. The zero-order valence-electron chi connectivity index (χ0n) is 9.11. The molecule has 1 aliphatic carbocycles. The first kappa shape index (κ1) is 9.70. The molecule has 1 amide bonds. The molecule has 1 fully saturated rings. The molecule has 84 valence electrons. The van der Waals surface area contributed by atoms with E-state index in [2.05, 4.69) is 5.32 Å². The van der Waals surface area contributed by atoms with E-state index in [1.54, 1.807) is 0 Å². The monoisotopic (exact) mass is 217 g/mol. The Kier molecular flexibility index (Phi) is 2.31. The van der Waals surface area contributed by atoms with Crippen LogP contribution in [-0.2, 0) is 4.79 Å². The Morgan fingerprint density at radius 3 is 2.94 bits per heavy atom. The fourth-order valence-corrected chi connectivity index (χ4v) is 2.60. The van der Waals surface area contributed by atoms with Crippen LogP contribution in [0.4, 0.5) is 5.69 Å². The Morgan fingerprint density at radius 1 is 1.19 bits per heavy atom. The van der Waals surface area contributed by atoms with Crippen LogP contribution in [0.2, 0.25) is 0 Å². The highest BCUT2D eigenvalue weighted by Gasteiger charge is 2.35. The van der Waals surface area contributed by atoms with Crippen LogP contribution < -0.4 is 10.1 Å². The van der Waals surface area contributed by atoms with Gasteiger partial charge in [0.1, 0.15) is 11.9 Å². The minimum atomic E-state index is 0.0288. The lowest BCUT2D eigenvalue weighted by Crippen LogP contribution is -2.36. The van der Waals surface area contributed by atoms with Gasteiger partial charge in [0.05, 0.1) is 11.6 Å². The number of carbonyl (C=O) groups is 1. The molecule has 0 aromatic heterocycles. The molecule has 0 spiro atoms. The minimum Gasteiger partial charge on any atom is -0.487 e. The van der Waals surface area contributed by atoms with Crippen molar-refractivity contribution in [2.75, 3.05) is 5.32 Å². The van der Waals surface area contributed by atoms with Gasteiger partial charge in [0.2, 0.25) is 5.91 Å². The van der Waals surface area contributed by atoms with E-state index in [1.807, 2.05) is 24.3 Å². The standard InChI is InChI=1S/C13H15NO2/c15-13-9-5-1-3-7-11(9)16-12-8-4-2-6-10(12)14-13/h2,4,6,8-9,11H,1,3,5,7H2,(H,14,15). The van der Waals surface area contributed by atoms with Gasteiger partial charge in [-0.05, 0) is 31.4 Å². The maximum atomic E-state index is 12.0. The van der Waals surface area contributed by atoms with Gasteiger partial charge in [-0.1, -0.05) is 18.6 Å². The predicted molar refractivity (Wildman–Crippen MR) is 61.4 cm³/mol. The summed E-state index contributed by atoms with van der Waals surface area (Å²) in [4.78, 5) is 12.0. The van der Waals surface area contributed by atoms with E-state index in [1.165, 1.54) is 0 Å². The number of anilines is 1. The number of rotatable bonds is 0. The summed E-state index contributed by atoms with van der Waals surface area (Å²) in [6, 6.07) is 7.67. The fourth-order valence-electron chi connectivity index (χ4n) is 2.60. The molecule has 3 nitrogen and oxygen atoms in total. The SMILES string of the molecule is O=C1Nc2ccccc2OC2CCCCC12. The van der Waals surface area contributed by atoms with E-state index >= 15 is 0 Å². The number of nitrogens with one attached hydrogen (secondary N) is 1. The van der Waals surface area contributed by atoms with Crippen molar-refractivity contribution in [2.45, 2.75) is 31.8 Å². The molecule has 2 unspecified atom stereocenters. The van der Waals surface area contributed by atoms with Gasteiger partial charge in [-0.2, -0.15) is 0 Å². The average Bonchev–Trinajstić information content (AvgIpc) is 2.45. The molecule has 1 N–H and O–H groups in total. The van der Waals surface area contributed by atoms with E-state index in [9.17, 15) is 4.79 Å². The van der Waals surface area contributed by atoms with Crippen LogP contribution in [0.15, 0.2) is 24.3 Å². The van der Waals surface area contributed by atoms with E-state index < -0.39 is 0 Å². The summed E-state index contributed by atoms with van der Waals surface area (Å²) in [5.41, 5.74) is 0.807. The zero-order valence-corrected chi connectivity index (χ0v) is 9.11. The molecule has 1 saturated carbocycles. The van der Waals surface area contributed by atoms with Crippen molar-refractivity contribution in [3.05, 3.63) is 24.3 Å². The Labute approximate surface area is 94.8 Å². The summed E-state index contributed by atoms with van der Waals surface area (Å²) in [6.45, 7) is 0. The third-order valence-corrected chi connectivity index (χ3v) is 3.46. The second-order valence-corrected chi connectivity index (χ2v) is 4.53. The molecule has 0 saturated heterocycles. The van der Waals surface area contributed by atoms with Gasteiger partial charge in [-0.25, -0.2) is 0 Å². The summed E-state index contributed by atoms with van der Waals surface area (Å²) >= 11 is 0. The van der Waals surface area contributed by atoms with Crippen LogP contribution in [0, 0.1) is 5.92 Å². The molecule has 3 heteroatoms. The Bertz CT molecular complexity index is 416. The molecule has 16 heavy (non-hydrogen) atoms. The van der Waals surface area contributed by atoms with E-state index in [0.29, 0.717) is 0 Å². The van der Waals surface area contributed by atoms with Crippen LogP contribution in [0.3, 0.4) is 0 Å². The molecule has 1 aromatic rings. The first-order valence-corrected chi connectivity index (χ1v) is 5.91.